The van der Waals surface area contributed by atoms with Crippen LogP contribution in [0.15, 0.2) is 28.4 Å². The van der Waals surface area contributed by atoms with Crippen molar-refractivity contribution in [3.05, 3.63) is 45.3 Å². The van der Waals surface area contributed by atoms with E-state index in [0.29, 0.717) is 18.4 Å². The summed E-state index contributed by atoms with van der Waals surface area (Å²) in [6, 6.07) is 5.90. The van der Waals surface area contributed by atoms with Crippen LogP contribution in [-0.4, -0.2) is 22.4 Å². The molecule has 0 saturated carbocycles. The van der Waals surface area contributed by atoms with Crippen LogP contribution in [0.2, 0.25) is 0 Å². The number of carbonyl (C=O) groups is 1. The van der Waals surface area contributed by atoms with E-state index in [9.17, 15) is 9.59 Å². The van der Waals surface area contributed by atoms with E-state index >= 15 is 0 Å². The number of benzene rings is 1. The van der Waals surface area contributed by atoms with Gasteiger partial charge in [-0.1, -0.05) is 19.9 Å². The first-order chi connectivity index (χ1) is 12.8. The van der Waals surface area contributed by atoms with E-state index in [1.807, 2.05) is 44.4 Å². The number of thiophene rings is 1. The first-order valence-corrected chi connectivity index (χ1v) is 9.87. The molecule has 0 N–H and O–H groups in total. The number of hydrogen-bond donors (Lipinski definition) is 0. The Labute approximate surface area is 162 Å². The molecule has 5 nitrogen and oxygen atoms in total. The van der Waals surface area contributed by atoms with E-state index in [-0.39, 0.29) is 17.3 Å². The van der Waals surface area contributed by atoms with Crippen molar-refractivity contribution in [1.82, 2.24) is 9.55 Å². The lowest BCUT2D eigenvalue weighted by Gasteiger charge is -2.15. The molecule has 1 aromatic carbocycles. The molecule has 0 saturated heterocycles. The molecular weight excluding hydrogens is 360 g/mol. The normalized spacial score (nSPS) is 11.3. The fourth-order valence-corrected chi connectivity index (χ4v) is 4.17. The summed E-state index contributed by atoms with van der Waals surface area (Å²) in [5.74, 6) is 1.71. The quantitative estimate of drug-likeness (QED) is 0.626. The molecule has 0 aliphatic heterocycles. The molecule has 3 aromatic rings. The summed E-state index contributed by atoms with van der Waals surface area (Å²) >= 11 is 1.48. The molecule has 0 radical (unpaired) electrons. The Kier molecular flexibility index (Phi) is 5.46. The monoisotopic (exact) mass is 384 g/mol. The fraction of sp³-hybridized carbons (Fsp3) is 0.381. The summed E-state index contributed by atoms with van der Waals surface area (Å²) in [7, 11) is 1.65. The Balaban J connectivity index is 2.22. The second kappa shape index (κ2) is 7.64. The van der Waals surface area contributed by atoms with Crippen molar-refractivity contribution in [2.45, 2.75) is 46.6 Å². The van der Waals surface area contributed by atoms with Crippen LogP contribution in [0.4, 0.5) is 0 Å². The van der Waals surface area contributed by atoms with Crippen molar-refractivity contribution < 1.29 is 9.53 Å². The zero-order valence-corrected chi connectivity index (χ0v) is 17.1. The molecule has 0 amide bonds. The molecule has 2 heterocycles. The highest BCUT2D eigenvalue weighted by Crippen LogP contribution is 2.34. The van der Waals surface area contributed by atoms with Crippen molar-refractivity contribution in [3.8, 4) is 16.9 Å². The summed E-state index contributed by atoms with van der Waals surface area (Å²) in [6.07, 6.45) is 0.327. The summed E-state index contributed by atoms with van der Waals surface area (Å²) in [4.78, 5) is 30.3. The number of fused-ring (bicyclic) bond motifs is 1. The van der Waals surface area contributed by atoms with Gasteiger partial charge < -0.3 is 4.74 Å². The minimum atomic E-state index is -0.0744. The molecule has 142 valence electrons. The van der Waals surface area contributed by atoms with E-state index in [1.165, 1.54) is 11.3 Å². The van der Waals surface area contributed by atoms with E-state index < -0.39 is 0 Å². The maximum atomic E-state index is 13.3. The van der Waals surface area contributed by atoms with Crippen LogP contribution < -0.4 is 10.3 Å². The lowest BCUT2D eigenvalue weighted by atomic mass is 10.0. The number of ether oxygens (including phenoxy) is 1. The van der Waals surface area contributed by atoms with Gasteiger partial charge in [0.15, 0.2) is 0 Å². The number of rotatable bonds is 6. The zero-order chi connectivity index (χ0) is 19.7. The minimum absolute atomic E-state index is 0.0630. The van der Waals surface area contributed by atoms with E-state index in [0.717, 1.165) is 33.1 Å². The Morgan fingerprint density at radius 2 is 2.07 bits per heavy atom. The standard InChI is InChI=1S/C21H24N2O3S/c1-12(2)19-22-20-18(21(25)23(19)9-8-14(4)24)16(11-27-20)15-6-7-17(26-5)13(3)10-15/h6-7,10-12H,8-9H2,1-5H3. The summed E-state index contributed by atoms with van der Waals surface area (Å²) in [6.45, 7) is 7.92. The van der Waals surface area contributed by atoms with Crippen LogP contribution >= 0.6 is 11.3 Å². The Hall–Kier alpha value is -2.47. The van der Waals surface area contributed by atoms with Gasteiger partial charge in [-0.25, -0.2) is 4.98 Å². The number of hydrogen-bond acceptors (Lipinski definition) is 5. The van der Waals surface area contributed by atoms with Gasteiger partial charge in [0.2, 0.25) is 0 Å². The fourth-order valence-electron chi connectivity index (χ4n) is 3.22. The summed E-state index contributed by atoms with van der Waals surface area (Å²) in [5, 5.41) is 2.61. The van der Waals surface area contributed by atoms with Crippen molar-refractivity contribution in [2.75, 3.05) is 7.11 Å². The molecule has 0 aliphatic rings. The van der Waals surface area contributed by atoms with Crippen LogP contribution in [0.25, 0.3) is 21.3 Å². The maximum Gasteiger partial charge on any atom is 0.262 e. The Bertz CT molecular complexity index is 1060. The van der Waals surface area contributed by atoms with Crippen molar-refractivity contribution >= 4 is 27.3 Å². The van der Waals surface area contributed by atoms with Gasteiger partial charge in [-0.15, -0.1) is 11.3 Å². The van der Waals surface area contributed by atoms with Crippen LogP contribution in [0, 0.1) is 6.92 Å². The van der Waals surface area contributed by atoms with Crippen LogP contribution in [0.5, 0.6) is 5.75 Å². The topological polar surface area (TPSA) is 61.2 Å². The number of carbonyl (C=O) groups excluding carboxylic acids is 1. The Morgan fingerprint density at radius 1 is 1.33 bits per heavy atom. The number of aryl methyl sites for hydroxylation is 1. The molecule has 0 unspecified atom stereocenters. The van der Waals surface area contributed by atoms with Crippen molar-refractivity contribution in [3.63, 3.8) is 0 Å². The average Bonchev–Trinajstić information content (AvgIpc) is 3.04. The van der Waals surface area contributed by atoms with Crippen LogP contribution in [0.1, 0.15) is 44.5 Å². The van der Waals surface area contributed by atoms with Crippen LogP contribution in [-0.2, 0) is 11.3 Å². The highest BCUT2D eigenvalue weighted by molar-refractivity contribution is 7.17. The number of ketones is 1. The molecule has 27 heavy (non-hydrogen) atoms. The third-order valence-corrected chi connectivity index (χ3v) is 5.51. The first-order valence-electron chi connectivity index (χ1n) is 8.99. The smallest absolute Gasteiger partial charge is 0.262 e. The van der Waals surface area contributed by atoms with E-state index in [2.05, 4.69) is 0 Å². The second-order valence-electron chi connectivity index (χ2n) is 7.05. The largest absolute Gasteiger partial charge is 0.496 e. The van der Waals surface area contributed by atoms with Gasteiger partial charge in [0.25, 0.3) is 5.56 Å². The van der Waals surface area contributed by atoms with E-state index in [1.54, 1.807) is 18.6 Å². The molecule has 0 aliphatic carbocycles. The number of Topliss-reactive ketones (excluding diaryl/α,β-unsaturated/α-hetero) is 1. The molecule has 6 heteroatoms. The highest BCUT2D eigenvalue weighted by Gasteiger charge is 2.19. The van der Waals surface area contributed by atoms with Gasteiger partial charge in [-0.2, -0.15) is 0 Å². The van der Waals surface area contributed by atoms with Gasteiger partial charge in [0, 0.05) is 29.8 Å². The molecule has 3 rings (SSSR count). The molecule has 0 bridgehead atoms. The van der Waals surface area contributed by atoms with Gasteiger partial charge in [-0.05, 0) is 37.1 Å². The van der Waals surface area contributed by atoms with Crippen molar-refractivity contribution in [2.24, 2.45) is 0 Å². The lowest BCUT2D eigenvalue weighted by Crippen LogP contribution is -2.26. The highest BCUT2D eigenvalue weighted by atomic mass is 32.1. The van der Waals surface area contributed by atoms with Gasteiger partial charge in [-0.3, -0.25) is 14.2 Å². The first kappa shape index (κ1) is 19.3. The van der Waals surface area contributed by atoms with Gasteiger partial charge in [0.05, 0.1) is 12.5 Å². The second-order valence-corrected chi connectivity index (χ2v) is 7.91. The summed E-state index contributed by atoms with van der Waals surface area (Å²) in [5.41, 5.74) is 2.78. The molecule has 2 aromatic heterocycles. The lowest BCUT2D eigenvalue weighted by molar-refractivity contribution is -0.117. The van der Waals surface area contributed by atoms with Crippen molar-refractivity contribution in [1.29, 1.82) is 0 Å². The minimum Gasteiger partial charge on any atom is -0.496 e. The predicted octanol–water partition coefficient (Wildman–Crippen LogP) is 4.54. The molecule has 0 atom stereocenters. The maximum absolute atomic E-state index is 13.3. The number of methoxy groups -OCH3 is 1. The molecular formula is C21H24N2O3S. The number of aromatic nitrogens is 2. The summed E-state index contributed by atoms with van der Waals surface area (Å²) < 4.78 is 7.00. The zero-order valence-electron chi connectivity index (χ0n) is 16.3. The third kappa shape index (κ3) is 3.67. The molecule has 0 spiro atoms. The third-order valence-electron chi connectivity index (χ3n) is 4.63. The van der Waals surface area contributed by atoms with Gasteiger partial charge >= 0.3 is 0 Å². The SMILES string of the molecule is COc1ccc(-c2csc3nc(C(C)C)n(CCC(C)=O)c(=O)c23)cc1C. The number of nitrogens with zero attached hydrogens (tertiary/aromatic N) is 2. The Morgan fingerprint density at radius 3 is 2.67 bits per heavy atom. The predicted molar refractivity (Wildman–Crippen MR) is 110 cm³/mol. The van der Waals surface area contributed by atoms with Crippen LogP contribution in [0.3, 0.4) is 0 Å². The molecule has 0 fully saturated rings. The van der Waals surface area contributed by atoms with Gasteiger partial charge in [0.1, 0.15) is 22.2 Å². The van der Waals surface area contributed by atoms with E-state index in [4.69, 9.17) is 9.72 Å². The average molecular weight is 385 g/mol.